The van der Waals surface area contributed by atoms with Crippen molar-refractivity contribution >= 4 is 5.91 Å². The molecule has 1 aromatic carbocycles. The predicted molar refractivity (Wildman–Crippen MR) is 78.1 cm³/mol. The van der Waals surface area contributed by atoms with Gasteiger partial charge >= 0.3 is 0 Å². The lowest BCUT2D eigenvalue weighted by Gasteiger charge is -2.18. The minimum atomic E-state index is -0.635. The number of ether oxygens (including phenoxy) is 2. The van der Waals surface area contributed by atoms with Crippen molar-refractivity contribution in [2.45, 2.75) is 24.4 Å². The van der Waals surface area contributed by atoms with E-state index in [4.69, 9.17) is 9.47 Å². The molecule has 2 aliphatic heterocycles. The first-order chi connectivity index (χ1) is 11.2. The fourth-order valence-electron chi connectivity index (χ4n) is 3.05. The van der Waals surface area contributed by atoms with Crippen molar-refractivity contribution in [2.75, 3.05) is 13.2 Å². The van der Waals surface area contributed by atoms with Crippen LogP contribution in [0.5, 0.6) is 0 Å². The van der Waals surface area contributed by atoms with Crippen molar-refractivity contribution in [3.8, 4) is 5.69 Å². The third-order valence-electron chi connectivity index (χ3n) is 4.16. The molecule has 4 rings (SSSR count). The number of carbonyl (C=O) groups excluding carboxylic acids is 1. The number of benzene rings is 1. The Balaban J connectivity index is 1.54. The lowest BCUT2D eigenvalue weighted by molar-refractivity contribution is 0.0178. The van der Waals surface area contributed by atoms with Crippen LogP contribution in [-0.4, -0.2) is 63.3 Å². The largest absolute Gasteiger partial charge is 0.388 e. The van der Waals surface area contributed by atoms with Crippen LogP contribution in [0, 0.1) is 0 Å². The molecule has 2 N–H and O–H groups in total. The molecule has 2 aliphatic rings. The van der Waals surface area contributed by atoms with Crippen molar-refractivity contribution in [2.24, 2.45) is 0 Å². The highest BCUT2D eigenvalue weighted by Gasteiger charge is 2.47. The molecule has 23 heavy (non-hydrogen) atoms. The summed E-state index contributed by atoms with van der Waals surface area (Å²) in [5.41, 5.74) is 1.13. The van der Waals surface area contributed by atoms with E-state index in [9.17, 15) is 9.90 Å². The molecule has 2 saturated heterocycles. The van der Waals surface area contributed by atoms with Gasteiger partial charge in [0, 0.05) is 0 Å². The molecule has 8 nitrogen and oxygen atoms in total. The number of aromatic nitrogens is 3. The molecule has 3 heterocycles. The molecule has 120 valence electrons. The number of nitrogens with zero attached hydrogens (tertiary/aromatic N) is 3. The van der Waals surface area contributed by atoms with E-state index < -0.39 is 6.10 Å². The normalized spacial score (nSPS) is 29.4. The molecular weight excluding hydrogens is 300 g/mol. The quantitative estimate of drug-likeness (QED) is 0.794. The van der Waals surface area contributed by atoms with Crippen LogP contribution >= 0.6 is 0 Å². The third-order valence-corrected chi connectivity index (χ3v) is 4.16. The second-order valence-corrected chi connectivity index (χ2v) is 5.60. The van der Waals surface area contributed by atoms with Crippen LogP contribution in [0.2, 0.25) is 0 Å². The van der Waals surface area contributed by atoms with Gasteiger partial charge in [0.1, 0.15) is 31.0 Å². The van der Waals surface area contributed by atoms with E-state index in [2.05, 4.69) is 15.4 Å². The Morgan fingerprint density at radius 1 is 1.26 bits per heavy atom. The van der Waals surface area contributed by atoms with E-state index in [0.29, 0.717) is 17.9 Å². The number of amides is 1. The zero-order valence-electron chi connectivity index (χ0n) is 12.2. The van der Waals surface area contributed by atoms with Gasteiger partial charge in [-0.25, -0.2) is 9.67 Å². The van der Waals surface area contributed by atoms with Gasteiger partial charge in [0.05, 0.1) is 30.5 Å². The molecule has 0 unspecified atom stereocenters. The third kappa shape index (κ3) is 2.50. The number of fused-ring (bicyclic) bond motifs is 1. The van der Waals surface area contributed by atoms with Gasteiger partial charge in [0.15, 0.2) is 0 Å². The molecule has 0 radical (unpaired) electrons. The van der Waals surface area contributed by atoms with Gasteiger partial charge in [-0.1, -0.05) is 12.1 Å². The summed E-state index contributed by atoms with van der Waals surface area (Å²) in [4.78, 5) is 16.5. The summed E-state index contributed by atoms with van der Waals surface area (Å²) in [6.07, 6.45) is 1.64. The molecule has 0 aliphatic carbocycles. The molecule has 1 aromatic heterocycles. The van der Waals surface area contributed by atoms with Gasteiger partial charge in [0.25, 0.3) is 5.91 Å². The fraction of sp³-hybridized carbons (Fsp3) is 0.400. The molecule has 1 amide bonds. The summed E-state index contributed by atoms with van der Waals surface area (Å²) in [6.45, 7) is 0.556. The van der Waals surface area contributed by atoms with Gasteiger partial charge in [-0.15, -0.1) is 0 Å². The Hall–Kier alpha value is -2.29. The Morgan fingerprint density at radius 2 is 2.09 bits per heavy atom. The number of aliphatic hydroxyl groups excluding tert-OH is 1. The Labute approximate surface area is 132 Å². The Kier molecular flexibility index (Phi) is 3.56. The van der Waals surface area contributed by atoms with Crippen molar-refractivity contribution < 1.29 is 19.4 Å². The van der Waals surface area contributed by atoms with E-state index >= 15 is 0 Å². The topological polar surface area (TPSA) is 98.5 Å². The molecule has 4 atom stereocenters. The van der Waals surface area contributed by atoms with Crippen molar-refractivity contribution in [1.29, 1.82) is 0 Å². The highest BCUT2D eigenvalue weighted by atomic mass is 16.6. The van der Waals surface area contributed by atoms with Gasteiger partial charge in [-0.05, 0) is 12.1 Å². The van der Waals surface area contributed by atoms with Crippen molar-refractivity contribution in [3.05, 3.63) is 42.5 Å². The summed E-state index contributed by atoms with van der Waals surface area (Å²) >= 11 is 0. The summed E-state index contributed by atoms with van der Waals surface area (Å²) in [6, 6.07) is 6.86. The molecular formula is C15H16N4O4. The fourth-order valence-corrected chi connectivity index (χ4v) is 3.05. The first-order valence-electron chi connectivity index (χ1n) is 7.40. The Bertz CT molecular complexity index is 705. The van der Waals surface area contributed by atoms with Gasteiger partial charge in [-0.2, -0.15) is 5.10 Å². The average molecular weight is 316 g/mol. The molecule has 2 fully saturated rings. The first-order valence-corrected chi connectivity index (χ1v) is 7.40. The maximum absolute atomic E-state index is 12.6. The van der Waals surface area contributed by atoms with E-state index in [1.54, 1.807) is 22.9 Å². The monoisotopic (exact) mass is 316 g/mol. The van der Waals surface area contributed by atoms with Gasteiger partial charge < -0.3 is 19.9 Å². The van der Waals surface area contributed by atoms with Crippen LogP contribution in [0.1, 0.15) is 10.4 Å². The van der Waals surface area contributed by atoms with Crippen LogP contribution in [0.4, 0.5) is 0 Å². The van der Waals surface area contributed by atoms with E-state index in [1.165, 1.54) is 12.7 Å². The zero-order valence-corrected chi connectivity index (χ0v) is 12.2. The van der Waals surface area contributed by atoms with Gasteiger partial charge in [-0.3, -0.25) is 4.79 Å². The highest BCUT2D eigenvalue weighted by molar-refractivity contribution is 5.98. The lowest BCUT2D eigenvalue weighted by atomic mass is 10.1. The predicted octanol–water partition coefficient (Wildman–Crippen LogP) is -0.476. The molecule has 0 saturated carbocycles. The van der Waals surface area contributed by atoms with E-state index in [-0.39, 0.29) is 30.8 Å². The molecule has 2 aromatic rings. The summed E-state index contributed by atoms with van der Waals surface area (Å²) in [5, 5.41) is 16.8. The summed E-state index contributed by atoms with van der Waals surface area (Å²) in [7, 11) is 0. The van der Waals surface area contributed by atoms with E-state index in [1.807, 2.05) is 6.07 Å². The lowest BCUT2D eigenvalue weighted by Crippen LogP contribution is -2.44. The second-order valence-electron chi connectivity index (χ2n) is 5.60. The number of aliphatic hydroxyl groups is 1. The van der Waals surface area contributed by atoms with Crippen molar-refractivity contribution in [1.82, 2.24) is 20.1 Å². The first kappa shape index (κ1) is 14.3. The number of rotatable bonds is 3. The van der Waals surface area contributed by atoms with Crippen LogP contribution in [-0.2, 0) is 9.47 Å². The van der Waals surface area contributed by atoms with Crippen LogP contribution in [0.3, 0.4) is 0 Å². The molecule has 0 spiro atoms. The van der Waals surface area contributed by atoms with Crippen molar-refractivity contribution in [3.63, 3.8) is 0 Å². The van der Waals surface area contributed by atoms with Crippen LogP contribution in [0.15, 0.2) is 36.9 Å². The number of hydrogen-bond donors (Lipinski definition) is 2. The van der Waals surface area contributed by atoms with Crippen LogP contribution in [0.25, 0.3) is 5.69 Å². The Morgan fingerprint density at radius 3 is 2.91 bits per heavy atom. The van der Waals surface area contributed by atoms with Crippen LogP contribution < -0.4 is 5.32 Å². The SMILES string of the molecule is O=C(N[C@H]1CO[C@H]2[C@@H]1OC[C@H]2O)c1ccccc1-n1cncn1. The standard InChI is InChI=1S/C15H16N4O4/c20-12-6-23-13-10(5-22-14(12)13)18-15(21)9-3-1-2-4-11(9)19-8-16-7-17-19/h1-4,7-8,10,12-14,20H,5-6H2,(H,18,21)/t10-,12+,13+,14+/m0/s1. The zero-order chi connectivity index (χ0) is 15.8. The smallest absolute Gasteiger partial charge is 0.253 e. The number of para-hydroxylation sites is 1. The minimum absolute atomic E-state index is 0.233. The van der Waals surface area contributed by atoms with Gasteiger partial charge in [0.2, 0.25) is 0 Å². The maximum atomic E-state index is 12.6. The second kappa shape index (κ2) is 5.73. The number of hydrogen-bond acceptors (Lipinski definition) is 6. The average Bonchev–Trinajstić information content (AvgIpc) is 3.28. The summed E-state index contributed by atoms with van der Waals surface area (Å²) < 4.78 is 12.6. The molecule has 8 heteroatoms. The molecule has 0 bridgehead atoms. The maximum Gasteiger partial charge on any atom is 0.253 e. The summed E-state index contributed by atoms with van der Waals surface area (Å²) in [5.74, 6) is -0.240. The number of carbonyl (C=O) groups is 1. The number of nitrogens with one attached hydrogen (secondary N) is 1. The van der Waals surface area contributed by atoms with E-state index in [0.717, 1.165) is 0 Å². The highest BCUT2D eigenvalue weighted by Crippen LogP contribution is 2.27. The minimum Gasteiger partial charge on any atom is -0.388 e.